The highest BCUT2D eigenvalue weighted by Crippen LogP contribution is 2.45. The zero-order valence-electron chi connectivity index (χ0n) is 19.5. The molecule has 1 fully saturated rings. The summed E-state index contributed by atoms with van der Waals surface area (Å²) in [6, 6.07) is 6.72. The first-order chi connectivity index (χ1) is 15.6. The summed E-state index contributed by atoms with van der Waals surface area (Å²) >= 11 is 1.76. The summed E-state index contributed by atoms with van der Waals surface area (Å²) in [4.78, 5) is 6.81. The second-order valence-corrected chi connectivity index (χ2v) is 10.1. The lowest BCUT2D eigenvalue weighted by Gasteiger charge is -2.36. The number of nitrogens with zero attached hydrogens (tertiary/aromatic N) is 5. The molecule has 178 valence electrons. The Morgan fingerprint density at radius 3 is 2.91 bits per heavy atom. The SMILES string of the molecule is COc1ccc2c(c1)CCCC21CCN(CCCSc2nnc(-c3ocnc3C)n2C)C1.Cl. The maximum atomic E-state index is 5.47. The lowest BCUT2D eigenvalue weighted by Crippen LogP contribution is -2.35. The zero-order valence-corrected chi connectivity index (χ0v) is 21.2. The molecule has 0 bridgehead atoms. The molecule has 2 aliphatic rings. The first-order valence-electron chi connectivity index (χ1n) is 11.4. The van der Waals surface area contributed by atoms with Crippen LogP contribution in [0, 0.1) is 6.92 Å². The van der Waals surface area contributed by atoms with E-state index in [-0.39, 0.29) is 12.4 Å². The van der Waals surface area contributed by atoms with Crippen molar-refractivity contribution in [1.82, 2.24) is 24.6 Å². The molecule has 2 aromatic heterocycles. The molecule has 1 spiro atoms. The fourth-order valence-electron chi connectivity index (χ4n) is 5.35. The summed E-state index contributed by atoms with van der Waals surface area (Å²) in [5.41, 5.74) is 4.23. The number of methoxy groups -OCH3 is 1. The van der Waals surface area contributed by atoms with Gasteiger partial charge in [0.15, 0.2) is 17.3 Å². The molecule has 0 saturated carbocycles. The van der Waals surface area contributed by atoms with Crippen LogP contribution in [0.3, 0.4) is 0 Å². The molecule has 1 aliphatic carbocycles. The van der Waals surface area contributed by atoms with Crippen LogP contribution in [-0.2, 0) is 18.9 Å². The van der Waals surface area contributed by atoms with Crippen molar-refractivity contribution in [3.63, 3.8) is 0 Å². The Balaban J connectivity index is 0.00000259. The highest BCUT2D eigenvalue weighted by molar-refractivity contribution is 7.99. The van der Waals surface area contributed by atoms with E-state index in [9.17, 15) is 0 Å². The molecular weight excluding hydrogens is 458 g/mol. The molecule has 33 heavy (non-hydrogen) atoms. The minimum atomic E-state index is 0. The average Bonchev–Trinajstić information content (AvgIpc) is 3.51. The van der Waals surface area contributed by atoms with Crippen molar-refractivity contribution in [3.8, 4) is 17.3 Å². The number of hydrogen-bond donors (Lipinski definition) is 0. The Labute approximate surface area is 205 Å². The summed E-state index contributed by atoms with van der Waals surface area (Å²) in [5.74, 6) is 3.44. The lowest BCUT2D eigenvalue weighted by molar-refractivity contribution is 0.294. The highest BCUT2D eigenvalue weighted by atomic mass is 35.5. The largest absolute Gasteiger partial charge is 0.497 e. The molecule has 3 heterocycles. The normalized spacial score (nSPS) is 20.1. The van der Waals surface area contributed by atoms with Crippen LogP contribution in [-0.4, -0.2) is 57.1 Å². The van der Waals surface area contributed by atoms with Crippen LogP contribution in [0.15, 0.2) is 34.2 Å². The van der Waals surface area contributed by atoms with E-state index in [4.69, 9.17) is 9.15 Å². The first kappa shape index (κ1) is 24.1. The monoisotopic (exact) mass is 489 g/mol. The van der Waals surface area contributed by atoms with Gasteiger partial charge in [0, 0.05) is 24.8 Å². The number of thioether (sulfide) groups is 1. The summed E-state index contributed by atoms with van der Waals surface area (Å²) in [7, 11) is 3.74. The molecule has 5 rings (SSSR count). The van der Waals surface area contributed by atoms with Crippen LogP contribution >= 0.6 is 24.2 Å². The van der Waals surface area contributed by atoms with Gasteiger partial charge in [0.25, 0.3) is 0 Å². The van der Waals surface area contributed by atoms with Crippen molar-refractivity contribution >= 4 is 24.2 Å². The van der Waals surface area contributed by atoms with Gasteiger partial charge in [-0.15, -0.1) is 22.6 Å². The van der Waals surface area contributed by atoms with Gasteiger partial charge in [-0.2, -0.15) is 0 Å². The topological polar surface area (TPSA) is 69.2 Å². The summed E-state index contributed by atoms with van der Waals surface area (Å²) in [6.45, 7) is 5.42. The molecule has 0 N–H and O–H groups in total. The third-order valence-electron chi connectivity index (χ3n) is 7.05. The zero-order chi connectivity index (χ0) is 22.1. The van der Waals surface area contributed by atoms with Gasteiger partial charge in [-0.3, -0.25) is 0 Å². The summed E-state index contributed by atoms with van der Waals surface area (Å²) < 4.78 is 12.9. The second-order valence-electron chi connectivity index (χ2n) is 9.02. The quantitative estimate of drug-likeness (QED) is 0.352. The molecule has 9 heteroatoms. The van der Waals surface area contributed by atoms with Crippen molar-refractivity contribution in [2.75, 3.05) is 32.5 Å². The smallest absolute Gasteiger partial charge is 0.202 e. The Morgan fingerprint density at radius 1 is 1.24 bits per heavy atom. The van der Waals surface area contributed by atoms with Crippen LogP contribution in [0.1, 0.15) is 42.5 Å². The number of benzene rings is 1. The van der Waals surface area contributed by atoms with Gasteiger partial charge < -0.3 is 18.6 Å². The maximum Gasteiger partial charge on any atom is 0.202 e. The number of aryl methyl sites for hydroxylation is 2. The van der Waals surface area contributed by atoms with Crippen molar-refractivity contribution in [2.24, 2.45) is 7.05 Å². The maximum absolute atomic E-state index is 5.47. The number of ether oxygens (including phenoxy) is 1. The van der Waals surface area contributed by atoms with E-state index in [1.807, 2.05) is 18.5 Å². The molecule has 0 amide bonds. The van der Waals surface area contributed by atoms with Crippen LogP contribution < -0.4 is 4.74 Å². The van der Waals surface area contributed by atoms with Crippen molar-refractivity contribution in [3.05, 3.63) is 41.4 Å². The standard InChI is InChI=1S/C24H31N5O2S.ClH/c1-17-21(31-16-25-17)22-26-27-23(28(22)2)32-13-5-11-29-12-10-24(15-29)9-4-6-18-14-19(30-3)7-8-20(18)24;/h7-8,14,16H,4-6,9-13,15H2,1-3H3;1H. The average molecular weight is 490 g/mol. The van der Waals surface area contributed by atoms with E-state index in [1.54, 1.807) is 24.4 Å². The van der Waals surface area contributed by atoms with Gasteiger partial charge >= 0.3 is 0 Å². The predicted octanol–water partition coefficient (Wildman–Crippen LogP) is 4.67. The number of fused-ring (bicyclic) bond motifs is 2. The van der Waals surface area contributed by atoms with E-state index in [1.165, 1.54) is 50.7 Å². The molecule has 1 aliphatic heterocycles. The number of likely N-dealkylation sites (tertiary alicyclic amines) is 1. The highest BCUT2D eigenvalue weighted by Gasteiger charge is 2.42. The van der Waals surface area contributed by atoms with E-state index in [0.29, 0.717) is 11.2 Å². The number of rotatable bonds is 7. The molecule has 1 unspecified atom stereocenters. The van der Waals surface area contributed by atoms with Gasteiger partial charge in [0.1, 0.15) is 5.75 Å². The second kappa shape index (κ2) is 10.1. The molecule has 1 aromatic carbocycles. The number of oxazole rings is 1. The minimum Gasteiger partial charge on any atom is -0.497 e. The third kappa shape index (κ3) is 4.66. The predicted molar refractivity (Wildman–Crippen MR) is 132 cm³/mol. The van der Waals surface area contributed by atoms with Gasteiger partial charge in [0.05, 0.1) is 12.8 Å². The van der Waals surface area contributed by atoms with Crippen molar-refractivity contribution in [1.29, 1.82) is 0 Å². The van der Waals surface area contributed by atoms with Crippen LogP contribution in [0.5, 0.6) is 5.75 Å². The third-order valence-corrected chi connectivity index (χ3v) is 8.16. The molecule has 1 atom stereocenters. The lowest BCUT2D eigenvalue weighted by atomic mass is 9.69. The molecule has 7 nitrogen and oxygen atoms in total. The van der Waals surface area contributed by atoms with E-state index < -0.39 is 0 Å². The minimum absolute atomic E-state index is 0. The Kier molecular flexibility index (Phi) is 7.36. The Hall–Kier alpha value is -2.03. The summed E-state index contributed by atoms with van der Waals surface area (Å²) in [5, 5.41) is 9.58. The van der Waals surface area contributed by atoms with Crippen LogP contribution in [0.4, 0.5) is 0 Å². The Bertz CT molecular complexity index is 1100. The van der Waals surface area contributed by atoms with Gasteiger partial charge in [0.2, 0.25) is 5.82 Å². The van der Waals surface area contributed by atoms with Gasteiger partial charge in [-0.1, -0.05) is 17.8 Å². The fourth-order valence-corrected chi connectivity index (χ4v) is 6.19. The molecule has 0 radical (unpaired) electrons. The molecule has 1 saturated heterocycles. The molecule has 3 aromatic rings. The van der Waals surface area contributed by atoms with E-state index in [0.717, 1.165) is 41.1 Å². The van der Waals surface area contributed by atoms with E-state index >= 15 is 0 Å². The van der Waals surface area contributed by atoms with Crippen LogP contribution in [0.25, 0.3) is 11.6 Å². The Morgan fingerprint density at radius 2 is 2.12 bits per heavy atom. The van der Waals surface area contributed by atoms with Crippen molar-refractivity contribution < 1.29 is 9.15 Å². The first-order valence-corrected chi connectivity index (χ1v) is 12.4. The molecular formula is C24H32ClN5O2S. The number of halogens is 1. The summed E-state index contributed by atoms with van der Waals surface area (Å²) in [6.07, 6.45) is 7.63. The number of hydrogen-bond acceptors (Lipinski definition) is 7. The van der Waals surface area contributed by atoms with Gasteiger partial charge in [-0.05, 0) is 75.4 Å². The van der Waals surface area contributed by atoms with E-state index in [2.05, 4.69) is 38.3 Å². The van der Waals surface area contributed by atoms with Gasteiger partial charge in [-0.25, -0.2) is 4.98 Å². The fraction of sp³-hybridized carbons (Fsp3) is 0.542. The number of aromatic nitrogens is 4. The van der Waals surface area contributed by atoms with Crippen LogP contribution in [0.2, 0.25) is 0 Å². The van der Waals surface area contributed by atoms with Crippen molar-refractivity contribution in [2.45, 2.75) is 49.6 Å².